The molecule has 8 nitrogen and oxygen atoms in total. The van der Waals surface area contributed by atoms with E-state index in [-0.39, 0.29) is 11.7 Å². The van der Waals surface area contributed by atoms with Crippen LogP contribution in [0.15, 0.2) is 10.9 Å². The number of likely N-dealkylation sites (N-methyl/N-ethyl adjacent to an activating group) is 1. The highest BCUT2D eigenvalue weighted by Gasteiger charge is 2.26. The quantitative estimate of drug-likeness (QED) is 0.716. The zero-order valence-electron chi connectivity index (χ0n) is 11.7. The Labute approximate surface area is 116 Å². The molecule has 0 saturated carbocycles. The Morgan fingerprint density at radius 1 is 1.50 bits per heavy atom. The van der Waals surface area contributed by atoms with Gasteiger partial charge in [0.05, 0.1) is 6.04 Å². The number of aromatic nitrogens is 4. The fraction of sp³-hybridized carbons (Fsp3) is 0.583. The predicted molar refractivity (Wildman–Crippen MR) is 76.0 cm³/mol. The Hall–Kier alpha value is -1.93. The summed E-state index contributed by atoms with van der Waals surface area (Å²) in [5, 5.41) is 6.46. The number of aromatic amines is 1. The molecule has 1 unspecified atom stereocenters. The molecule has 2 aromatic heterocycles. The maximum Gasteiger partial charge on any atom is 0.349 e. The lowest BCUT2D eigenvalue weighted by Gasteiger charge is -2.40. The fourth-order valence-electron chi connectivity index (χ4n) is 2.74. The van der Waals surface area contributed by atoms with E-state index in [2.05, 4.69) is 32.0 Å². The van der Waals surface area contributed by atoms with E-state index in [0.717, 1.165) is 25.5 Å². The number of aryl methyl sites for hydroxylation is 1. The van der Waals surface area contributed by atoms with E-state index < -0.39 is 0 Å². The topological polar surface area (TPSA) is 95.5 Å². The first-order chi connectivity index (χ1) is 9.60. The van der Waals surface area contributed by atoms with Gasteiger partial charge in [-0.05, 0) is 14.0 Å². The summed E-state index contributed by atoms with van der Waals surface area (Å²) in [4.78, 5) is 20.6. The van der Waals surface area contributed by atoms with Crippen LogP contribution >= 0.6 is 0 Å². The van der Waals surface area contributed by atoms with Crippen LogP contribution in [0.3, 0.4) is 0 Å². The third-order valence-electron chi connectivity index (χ3n) is 3.81. The molecule has 8 heteroatoms. The van der Waals surface area contributed by atoms with Crippen LogP contribution in [0.4, 0.5) is 5.82 Å². The highest BCUT2D eigenvalue weighted by molar-refractivity contribution is 5.52. The average molecular weight is 277 g/mol. The highest BCUT2D eigenvalue weighted by Crippen LogP contribution is 2.19. The lowest BCUT2D eigenvalue weighted by Crippen LogP contribution is -2.55. The molecule has 1 aliphatic rings. The van der Waals surface area contributed by atoms with Gasteiger partial charge in [-0.3, -0.25) is 0 Å². The minimum absolute atomic E-state index is 0.230. The number of hydrogen-bond acceptors (Lipinski definition) is 6. The van der Waals surface area contributed by atoms with Crippen molar-refractivity contribution >= 4 is 11.5 Å². The molecule has 3 N–H and O–H groups in total. The molecule has 108 valence electrons. The van der Waals surface area contributed by atoms with Crippen LogP contribution in [0.1, 0.15) is 5.82 Å². The van der Waals surface area contributed by atoms with Crippen LogP contribution < -0.4 is 16.3 Å². The summed E-state index contributed by atoms with van der Waals surface area (Å²) >= 11 is 0. The molecule has 0 aromatic carbocycles. The number of nitrogens with zero attached hydrogens (tertiary/aromatic N) is 5. The molecule has 0 spiro atoms. The smallest absolute Gasteiger partial charge is 0.349 e. The molecule has 20 heavy (non-hydrogen) atoms. The monoisotopic (exact) mass is 277 g/mol. The second-order valence-electron chi connectivity index (χ2n) is 5.23. The molecule has 3 heterocycles. The normalized spacial score (nSPS) is 20.8. The number of rotatable bonds is 2. The van der Waals surface area contributed by atoms with E-state index in [1.54, 1.807) is 6.92 Å². The van der Waals surface area contributed by atoms with Gasteiger partial charge in [-0.1, -0.05) is 0 Å². The van der Waals surface area contributed by atoms with Gasteiger partial charge < -0.3 is 15.5 Å². The molecule has 3 rings (SSSR count). The summed E-state index contributed by atoms with van der Waals surface area (Å²) in [6.45, 7) is 5.13. The van der Waals surface area contributed by atoms with Gasteiger partial charge in [-0.15, -0.1) is 0 Å². The third-order valence-corrected chi connectivity index (χ3v) is 3.81. The van der Waals surface area contributed by atoms with Crippen molar-refractivity contribution in [1.29, 1.82) is 0 Å². The summed E-state index contributed by atoms with van der Waals surface area (Å²) in [6, 6.07) is 2.06. The van der Waals surface area contributed by atoms with Gasteiger partial charge in [0.1, 0.15) is 11.6 Å². The van der Waals surface area contributed by atoms with Crippen LogP contribution in [0.2, 0.25) is 0 Å². The van der Waals surface area contributed by atoms with E-state index in [1.807, 2.05) is 6.07 Å². The molecular weight excluding hydrogens is 258 g/mol. The van der Waals surface area contributed by atoms with Crippen LogP contribution in [-0.2, 0) is 0 Å². The molecule has 0 radical (unpaired) electrons. The molecule has 1 atom stereocenters. The molecule has 2 aromatic rings. The molecule has 0 aliphatic carbocycles. The van der Waals surface area contributed by atoms with Gasteiger partial charge in [0.15, 0.2) is 5.65 Å². The minimum atomic E-state index is -0.259. The second kappa shape index (κ2) is 4.88. The highest BCUT2D eigenvalue weighted by atomic mass is 16.1. The van der Waals surface area contributed by atoms with Gasteiger partial charge in [0, 0.05) is 32.2 Å². The standard InChI is InChI=1S/C12H19N7O/c1-8-14-10(5-11-15-16-12(20)19(8)11)18-4-3-17(2)7-9(18)6-13/h5,9H,3-4,6-7,13H2,1-2H3,(H,16,20). The zero-order valence-corrected chi connectivity index (χ0v) is 11.7. The SMILES string of the molecule is Cc1nc(N2CCN(C)CC2CN)cc2n[nH]c(=O)n12. The van der Waals surface area contributed by atoms with Crippen molar-refractivity contribution in [3.05, 3.63) is 22.4 Å². The lowest BCUT2D eigenvalue weighted by molar-refractivity contribution is 0.268. The van der Waals surface area contributed by atoms with Crippen LogP contribution in [0, 0.1) is 6.92 Å². The van der Waals surface area contributed by atoms with E-state index >= 15 is 0 Å². The lowest BCUT2D eigenvalue weighted by atomic mass is 10.1. The molecule has 1 aliphatic heterocycles. The minimum Gasteiger partial charge on any atom is -0.350 e. The van der Waals surface area contributed by atoms with Gasteiger partial charge in [0.2, 0.25) is 0 Å². The molecule has 0 amide bonds. The first kappa shape index (κ1) is 13.1. The average Bonchev–Trinajstić information content (AvgIpc) is 2.80. The van der Waals surface area contributed by atoms with Crippen molar-refractivity contribution in [1.82, 2.24) is 24.5 Å². The fourth-order valence-corrected chi connectivity index (χ4v) is 2.74. The van der Waals surface area contributed by atoms with E-state index in [9.17, 15) is 4.79 Å². The van der Waals surface area contributed by atoms with E-state index in [1.165, 1.54) is 4.40 Å². The summed E-state index contributed by atoms with van der Waals surface area (Å²) < 4.78 is 1.47. The van der Waals surface area contributed by atoms with Crippen molar-refractivity contribution in [2.45, 2.75) is 13.0 Å². The molecular formula is C12H19N7O. The van der Waals surface area contributed by atoms with Gasteiger partial charge in [-0.2, -0.15) is 5.10 Å². The number of piperazine rings is 1. The maximum atomic E-state index is 11.6. The Morgan fingerprint density at radius 3 is 3.05 bits per heavy atom. The number of anilines is 1. The molecule has 1 fully saturated rings. The van der Waals surface area contributed by atoms with E-state index in [4.69, 9.17) is 5.73 Å². The Kier molecular flexibility index (Phi) is 3.19. The number of nitrogens with two attached hydrogens (primary N) is 1. The Bertz CT molecular complexity index is 676. The predicted octanol–water partition coefficient (Wildman–Crippen LogP) is -1.19. The van der Waals surface area contributed by atoms with Crippen LogP contribution in [0.5, 0.6) is 0 Å². The Morgan fingerprint density at radius 2 is 2.30 bits per heavy atom. The van der Waals surface area contributed by atoms with Crippen molar-refractivity contribution in [3.63, 3.8) is 0 Å². The van der Waals surface area contributed by atoms with Crippen LogP contribution in [0.25, 0.3) is 5.65 Å². The number of fused-ring (bicyclic) bond motifs is 1. The number of hydrogen-bond donors (Lipinski definition) is 2. The van der Waals surface area contributed by atoms with Crippen molar-refractivity contribution in [3.8, 4) is 0 Å². The van der Waals surface area contributed by atoms with Gasteiger partial charge in [-0.25, -0.2) is 19.3 Å². The third kappa shape index (κ3) is 2.06. The summed E-state index contributed by atoms with van der Waals surface area (Å²) in [5.41, 5.74) is 6.21. The van der Waals surface area contributed by atoms with Crippen molar-refractivity contribution < 1.29 is 0 Å². The second-order valence-corrected chi connectivity index (χ2v) is 5.23. The number of nitrogens with one attached hydrogen (secondary N) is 1. The first-order valence-electron chi connectivity index (χ1n) is 6.70. The zero-order chi connectivity index (χ0) is 14.3. The largest absolute Gasteiger partial charge is 0.350 e. The number of H-pyrrole nitrogens is 1. The first-order valence-corrected chi connectivity index (χ1v) is 6.70. The maximum absolute atomic E-state index is 11.6. The molecule has 0 bridgehead atoms. The van der Waals surface area contributed by atoms with Gasteiger partial charge >= 0.3 is 5.69 Å². The van der Waals surface area contributed by atoms with Crippen molar-refractivity contribution in [2.24, 2.45) is 5.73 Å². The summed E-state index contributed by atoms with van der Waals surface area (Å²) in [5.74, 6) is 1.46. The van der Waals surface area contributed by atoms with Gasteiger partial charge in [0.25, 0.3) is 0 Å². The molecule has 1 saturated heterocycles. The summed E-state index contributed by atoms with van der Waals surface area (Å²) in [6.07, 6.45) is 0. The Balaban J connectivity index is 2.03. The van der Waals surface area contributed by atoms with Crippen molar-refractivity contribution in [2.75, 3.05) is 38.1 Å². The van der Waals surface area contributed by atoms with E-state index in [0.29, 0.717) is 18.0 Å². The summed E-state index contributed by atoms with van der Waals surface area (Å²) in [7, 11) is 2.09. The van der Waals surface area contributed by atoms with Crippen LogP contribution in [-0.4, -0.2) is 63.8 Å².